The number of nitriles is 1. The molecule has 4 rings (SSSR count). The van der Waals surface area contributed by atoms with Crippen molar-refractivity contribution in [1.82, 2.24) is 9.97 Å². The van der Waals surface area contributed by atoms with Crippen molar-refractivity contribution in [2.24, 2.45) is 0 Å². The van der Waals surface area contributed by atoms with Crippen molar-refractivity contribution in [3.63, 3.8) is 0 Å². The minimum absolute atomic E-state index is 0.367. The van der Waals surface area contributed by atoms with Crippen LogP contribution in [0.4, 0.5) is 0 Å². The van der Waals surface area contributed by atoms with Gasteiger partial charge in [-0.3, -0.25) is 0 Å². The largest absolute Gasteiger partial charge is 0.490 e. The third kappa shape index (κ3) is 5.27. The number of rotatable bonds is 7. The highest BCUT2D eigenvalue weighted by Crippen LogP contribution is 2.38. The minimum atomic E-state index is 0.367. The number of halogens is 2. The van der Waals surface area contributed by atoms with Gasteiger partial charge in [0.25, 0.3) is 0 Å². The van der Waals surface area contributed by atoms with Gasteiger partial charge in [0, 0.05) is 5.02 Å². The fourth-order valence-corrected chi connectivity index (χ4v) is 4.23. The molecule has 1 heterocycles. The van der Waals surface area contributed by atoms with E-state index in [1.807, 2.05) is 62.4 Å². The van der Waals surface area contributed by atoms with E-state index in [0.717, 1.165) is 32.2 Å². The molecule has 0 aliphatic rings. The van der Waals surface area contributed by atoms with Crippen LogP contribution in [0.15, 0.2) is 53.0 Å². The minimum Gasteiger partial charge on any atom is -0.490 e. The van der Waals surface area contributed by atoms with E-state index in [-0.39, 0.29) is 0 Å². The Balaban J connectivity index is 1.66. The number of H-pyrrole nitrogens is 1. The quantitative estimate of drug-likeness (QED) is 0.246. The summed E-state index contributed by atoms with van der Waals surface area (Å²) in [5.41, 5.74) is 6.28. The number of aromatic nitrogens is 2. The Morgan fingerprint density at radius 1 is 1.12 bits per heavy atom. The van der Waals surface area contributed by atoms with Crippen molar-refractivity contribution in [3.05, 3.63) is 86.1 Å². The lowest BCUT2D eigenvalue weighted by Crippen LogP contribution is -2.01. The molecule has 0 aliphatic heterocycles. The van der Waals surface area contributed by atoms with Crippen LogP contribution in [0.25, 0.3) is 22.7 Å². The number of aryl methyl sites for hydroxylation is 2. The van der Waals surface area contributed by atoms with Crippen molar-refractivity contribution in [2.45, 2.75) is 27.4 Å². The number of hydrogen-bond acceptors (Lipinski definition) is 4. The highest BCUT2D eigenvalue weighted by molar-refractivity contribution is 9.10. The van der Waals surface area contributed by atoms with E-state index >= 15 is 0 Å². The molecule has 1 aromatic heterocycles. The van der Waals surface area contributed by atoms with Gasteiger partial charge >= 0.3 is 0 Å². The van der Waals surface area contributed by atoms with Gasteiger partial charge in [-0.2, -0.15) is 5.26 Å². The van der Waals surface area contributed by atoms with Crippen LogP contribution < -0.4 is 9.47 Å². The molecule has 0 radical (unpaired) electrons. The molecule has 0 atom stereocenters. The van der Waals surface area contributed by atoms with E-state index in [1.165, 1.54) is 5.56 Å². The van der Waals surface area contributed by atoms with Crippen LogP contribution in [-0.4, -0.2) is 16.6 Å². The van der Waals surface area contributed by atoms with Crippen molar-refractivity contribution in [3.8, 4) is 17.6 Å². The number of aromatic amines is 1. The van der Waals surface area contributed by atoms with Crippen molar-refractivity contribution in [2.75, 3.05) is 6.61 Å². The number of nitrogens with zero attached hydrogens (tertiary/aromatic N) is 2. The zero-order chi connectivity index (χ0) is 24.2. The molecule has 0 fully saturated rings. The van der Waals surface area contributed by atoms with E-state index in [2.05, 4.69) is 38.9 Å². The molecular formula is C27H23BrClN3O2. The van der Waals surface area contributed by atoms with Gasteiger partial charge in [-0.05, 0) is 101 Å². The topological polar surface area (TPSA) is 70.9 Å². The summed E-state index contributed by atoms with van der Waals surface area (Å²) in [5.74, 6) is 1.71. The van der Waals surface area contributed by atoms with Gasteiger partial charge in [0.05, 0.1) is 27.7 Å². The molecular weight excluding hydrogens is 514 g/mol. The van der Waals surface area contributed by atoms with Gasteiger partial charge in [0.1, 0.15) is 18.5 Å². The number of benzene rings is 3. The number of nitrogens with one attached hydrogen (secondary N) is 1. The van der Waals surface area contributed by atoms with Crippen LogP contribution in [0.2, 0.25) is 5.02 Å². The van der Waals surface area contributed by atoms with Crippen molar-refractivity contribution >= 4 is 50.2 Å². The summed E-state index contributed by atoms with van der Waals surface area (Å²) in [4.78, 5) is 7.89. The molecule has 7 heteroatoms. The third-order valence-corrected chi connectivity index (χ3v) is 6.25. The molecule has 0 spiro atoms. The maximum Gasteiger partial charge on any atom is 0.175 e. The first kappa shape index (κ1) is 23.9. The number of fused-ring (bicyclic) bond motifs is 1. The fourth-order valence-electron chi connectivity index (χ4n) is 3.53. The maximum atomic E-state index is 9.85. The van der Waals surface area contributed by atoms with Crippen LogP contribution in [0.5, 0.6) is 11.5 Å². The number of imidazole rings is 1. The Bertz CT molecular complexity index is 1380. The second kappa shape index (κ2) is 10.3. The summed E-state index contributed by atoms with van der Waals surface area (Å²) < 4.78 is 12.6. The lowest BCUT2D eigenvalue weighted by Gasteiger charge is -2.15. The van der Waals surface area contributed by atoms with E-state index in [9.17, 15) is 5.26 Å². The second-order valence-corrected chi connectivity index (χ2v) is 9.18. The average molecular weight is 537 g/mol. The van der Waals surface area contributed by atoms with E-state index in [1.54, 1.807) is 6.08 Å². The SMILES string of the molecule is CCOc1cc(/C=C(\C#N)c2nc3cc(C)c(C)cc3[nH]2)cc(Br)c1OCc1ccc(Cl)cc1. The smallest absolute Gasteiger partial charge is 0.175 e. The summed E-state index contributed by atoms with van der Waals surface area (Å²) in [5, 5.41) is 10.5. The molecule has 0 bridgehead atoms. The van der Waals surface area contributed by atoms with Crippen LogP contribution in [-0.2, 0) is 6.61 Å². The van der Waals surface area contributed by atoms with Gasteiger partial charge in [-0.15, -0.1) is 0 Å². The Morgan fingerprint density at radius 2 is 1.85 bits per heavy atom. The van der Waals surface area contributed by atoms with Gasteiger partial charge in [0.2, 0.25) is 0 Å². The third-order valence-electron chi connectivity index (χ3n) is 5.41. The molecule has 0 aliphatic carbocycles. The molecule has 0 saturated heterocycles. The van der Waals surface area contributed by atoms with Crippen LogP contribution in [0.1, 0.15) is 35.0 Å². The monoisotopic (exact) mass is 535 g/mol. The van der Waals surface area contributed by atoms with Gasteiger partial charge in [0.15, 0.2) is 11.5 Å². The van der Waals surface area contributed by atoms with Crippen LogP contribution in [0.3, 0.4) is 0 Å². The predicted molar refractivity (Wildman–Crippen MR) is 140 cm³/mol. The molecule has 0 saturated carbocycles. The summed E-state index contributed by atoms with van der Waals surface area (Å²) in [6.45, 7) is 6.86. The average Bonchev–Trinajstić information content (AvgIpc) is 3.21. The first-order valence-electron chi connectivity index (χ1n) is 10.8. The molecule has 172 valence electrons. The fraction of sp³-hybridized carbons (Fsp3) is 0.185. The Morgan fingerprint density at radius 3 is 2.56 bits per heavy atom. The number of hydrogen-bond donors (Lipinski definition) is 1. The van der Waals surface area contributed by atoms with E-state index < -0.39 is 0 Å². The zero-order valence-corrected chi connectivity index (χ0v) is 21.4. The van der Waals surface area contributed by atoms with Gasteiger partial charge in [-0.25, -0.2) is 4.98 Å². The summed E-state index contributed by atoms with van der Waals surface area (Å²) >= 11 is 9.57. The maximum absolute atomic E-state index is 9.85. The van der Waals surface area contributed by atoms with Crippen molar-refractivity contribution < 1.29 is 9.47 Å². The molecule has 0 unspecified atom stereocenters. The highest BCUT2D eigenvalue weighted by Gasteiger charge is 2.14. The molecule has 4 aromatic rings. The standard InChI is InChI=1S/C27H23BrClN3O2/c1-4-33-25-13-19(12-22(28)26(25)34-15-18-5-7-21(29)8-6-18)11-20(14-30)27-31-23-9-16(2)17(3)10-24(23)32-27/h5-13H,4,15H2,1-3H3,(H,31,32)/b20-11+. The van der Waals surface area contributed by atoms with Crippen LogP contribution in [0, 0.1) is 25.2 Å². The first-order valence-corrected chi connectivity index (χ1v) is 12.0. The number of ether oxygens (including phenoxy) is 2. The second-order valence-electron chi connectivity index (χ2n) is 7.89. The Hall–Kier alpha value is -3.27. The lowest BCUT2D eigenvalue weighted by molar-refractivity contribution is 0.267. The molecule has 3 aromatic carbocycles. The van der Waals surface area contributed by atoms with Crippen molar-refractivity contribution in [1.29, 1.82) is 5.26 Å². The molecule has 5 nitrogen and oxygen atoms in total. The zero-order valence-electron chi connectivity index (χ0n) is 19.1. The first-order chi connectivity index (χ1) is 16.4. The Kier molecular flexibility index (Phi) is 7.26. The lowest BCUT2D eigenvalue weighted by atomic mass is 10.1. The Labute approximate surface area is 212 Å². The number of allylic oxidation sites excluding steroid dienone is 1. The predicted octanol–water partition coefficient (Wildman–Crippen LogP) is 7.64. The molecule has 34 heavy (non-hydrogen) atoms. The summed E-state index contributed by atoms with van der Waals surface area (Å²) in [7, 11) is 0. The molecule has 0 amide bonds. The normalized spacial score (nSPS) is 11.5. The highest BCUT2D eigenvalue weighted by atomic mass is 79.9. The van der Waals surface area contributed by atoms with Gasteiger partial charge < -0.3 is 14.5 Å². The van der Waals surface area contributed by atoms with Crippen LogP contribution >= 0.6 is 27.5 Å². The molecule has 1 N–H and O–H groups in total. The van der Waals surface area contributed by atoms with E-state index in [0.29, 0.717) is 41.1 Å². The summed E-state index contributed by atoms with van der Waals surface area (Å²) in [6, 6.07) is 17.6. The van der Waals surface area contributed by atoms with E-state index in [4.69, 9.17) is 21.1 Å². The van der Waals surface area contributed by atoms with Gasteiger partial charge in [-0.1, -0.05) is 23.7 Å². The summed E-state index contributed by atoms with van der Waals surface area (Å²) in [6.07, 6.45) is 1.79.